The minimum Gasteiger partial charge on any atom is -0.497 e. The number of methoxy groups -OCH3 is 1. The van der Waals surface area contributed by atoms with E-state index in [1.807, 2.05) is 55.5 Å². The van der Waals surface area contributed by atoms with Crippen LogP contribution in [0.3, 0.4) is 0 Å². The van der Waals surface area contributed by atoms with Crippen molar-refractivity contribution in [2.24, 2.45) is 0 Å². The number of nitrogens with one attached hydrogen (secondary N) is 1. The molecule has 5 nitrogen and oxygen atoms in total. The third-order valence-electron chi connectivity index (χ3n) is 5.75. The van der Waals surface area contributed by atoms with Gasteiger partial charge in [0.15, 0.2) is 0 Å². The number of ether oxygens (including phenoxy) is 1. The van der Waals surface area contributed by atoms with E-state index in [1.54, 1.807) is 23.8 Å². The lowest BCUT2D eigenvalue weighted by molar-refractivity contribution is -0.140. The van der Waals surface area contributed by atoms with Gasteiger partial charge < -0.3 is 15.0 Å². The van der Waals surface area contributed by atoms with E-state index in [4.69, 9.17) is 16.3 Å². The molecule has 1 aliphatic carbocycles. The van der Waals surface area contributed by atoms with E-state index >= 15 is 0 Å². The van der Waals surface area contributed by atoms with Crippen LogP contribution in [0.25, 0.3) is 0 Å². The predicted octanol–water partition coefficient (Wildman–Crippen LogP) is 5.31. The van der Waals surface area contributed by atoms with Crippen LogP contribution in [0, 0.1) is 0 Å². The van der Waals surface area contributed by atoms with Crippen LogP contribution in [-0.2, 0) is 16.1 Å². The van der Waals surface area contributed by atoms with Crippen LogP contribution in [0.15, 0.2) is 53.4 Å². The predicted molar refractivity (Wildman–Crippen MR) is 130 cm³/mol. The van der Waals surface area contributed by atoms with Crippen molar-refractivity contribution in [1.82, 2.24) is 10.2 Å². The maximum absolute atomic E-state index is 13.2. The quantitative estimate of drug-likeness (QED) is 0.474. The second kappa shape index (κ2) is 12.2. The summed E-state index contributed by atoms with van der Waals surface area (Å²) < 4.78 is 5.32. The highest BCUT2D eigenvalue weighted by Gasteiger charge is 2.28. The first-order valence-electron chi connectivity index (χ1n) is 11.1. The summed E-state index contributed by atoms with van der Waals surface area (Å²) in [6.45, 7) is 2.18. The fourth-order valence-corrected chi connectivity index (χ4v) is 4.84. The van der Waals surface area contributed by atoms with Crippen LogP contribution in [0.5, 0.6) is 5.75 Å². The minimum absolute atomic E-state index is 0.0386. The Bertz CT molecular complexity index is 900. The van der Waals surface area contributed by atoms with Crippen molar-refractivity contribution in [3.8, 4) is 5.75 Å². The lowest BCUT2D eigenvalue weighted by atomic mass is 10.1. The average molecular weight is 475 g/mol. The van der Waals surface area contributed by atoms with E-state index in [9.17, 15) is 9.59 Å². The van der Waals surface area contributed by atoms with Gasteiger partial charge in [-0.1, -0.05) is 36.6 Å². The molecule has 0 saturated heterocycles. The van der Waals surface area contributed by atoms with Gasteiger partial charge in [0.1, 0.15) is 11.8 Å². The molecular weight excluding hydrogens is 444 g/mol. The molecule has 0 spiro atoms. The van der Waals surface area contributed by atoms with Crippen molar-refractivity contribution >= 4 is 35.2 Å². The first kappa shape index (κ1) is 24.5. The zero-order valence-corrected chi connectivity index (χ0v) is 20.3. The number of hydrogen-bond donors (Lipinski definition) is 1. The first-order valence-corrected chi connectivity index (χ1v) is 12.4. The Kier molecular flexibility index (Phi) is 9.30. The van der Waals surface area contributed by atoms with Crippen LogP contribution in [0.1, 0.15) is 44.6 Å². The summed E-state index contributed by atoms with van der Waals surface area (Å²) in [7, 11) is 1.62. The molecule has 0 radical (unpaired) electrons. The maximum atomic E-state index is 13.2. The zero-order valence-electron chi connectivity index (χ0n) is 18.7. The van der Waals surface area contributed by atoms with Gasteiger partial charge in [-0.3, -0.25) is 9.59 Å². The SMILES string of the molecule is COc1cccc(CN(C(=O)CCSc2ccc(Cl)cc2)[C@@H](C)C(=O)NC2CCCC2)c1. The first-order chi connectivity index (χ1) is 15.5. The van der Waals surface area contributed by atoms with E-state index in [1.165, 1.54) is 0 Å². The van der Waals surface area contributed by atoms with Crippen molar-refractivity contribution in [2.75, 3.05) is 12.9 Å². The highest BCUT2D eigenvalue weighted by atomic mass is 35.5. The van der Waals surface area contributed by atoms with E-state index in [0.29, 0.717) is 23.7 Å². The van der Waals surface area contributed by atoms with E-state index in [2.05, 4.69) is 5.32 Å². The van der Waals surface area contributed by atoms with Crippen LogP contribution in [0.2, 0.25) is 5.02 Å². The molecule has 172 valence electrons. The molecule has 0 aromatic heterocycles. The number of carbonyl (C=O) groups excluding carboxylic acids is 2. The molecular formula is C25H31ClN2O3S. The third kappa shape index (κ3) is 7.17. The van der Waals surface area contributed by atoms with Crippen molar-refractivity contribution < 1.29 is 14.3 Å². The summed E-state index contributed by atoms with van der Waals surface area (Å²) in [6, 6.07) is 14.9. The molecule has 0 aliphatic heterocycles. The van der Waals surface area contributed by atoms with E-state index < -0.39 is 6.04 Å². The van der Waals surface area contributed by atoms with Gasteiger partial charge in [0.2, 0.25) is 11.8 Å². The fraction of sp³-hybridized carbons (Fsp3) is 0.440. The van der Waals surface area contributed by atoms with Gasteiger partial charge in [-0.15, -0.1) is 11.8 Å². The maximum Gasteiger partial charge on any atom is 0.242 e. The molecule has 1 atom stereocenters. The van der Waals surface area contributed by atoms with Crippen LogP contribution in [-0.4, -0.2) is 41.7 Å². The van der Waals surface area contributed by atoms with Crippen LogP contribution in [0.4, 0.5) is 0 Å². The van der Waals surface area contributed by atoms with Gasteiger partial charge >= 0.3 is 0 Å². The summed E-state index contributed by atoms with van der Waals surface area (Å²) in [5.41, 5.74) is 0.934. The van der Waals surface area contributed by atoms with Crippen LogP contribution >= 0.6 is 23.4 Å². The Morgan fingerprint density at radius 2 is 1.91 bits per heavy atom. The molecule has 1 saturated carbocycles. The number of rotatable bonds is 10. The minimum atomic E-state index is -0.546. The molecule has 0 heterocycles. The molecule has 2 aromatic rings. The molecule has 0 bridgehead atoms. The summed E-state index contributed by atoms with van der Waals surface area (Å²) >= 11 is 7.55. The van der Waals surface area contributed by atoms with Gasteiger partial charge in [-0.2, -0.15) is 0 Å². The molecule has 1 fully saturated rings. The van der Waals surface area contributed by atoms with Crippen LogP contribution < -0.4 is 10.1 Å². The second-order valence-corrected chi connectivity index (χ2v) is 9.70. The molecule has 2 amide bonds. The number of thioether (sulfide) groups is 1. The van der Waals surface area contributed by atoms with Crippen molar-refractivity contribution in [1.29, 1.82) is 0 Å². The van der Waals surface area contributed by atoms with Crippen molar-refractivity contribution in [3.05, 3.63) is 59.1 Å². The van der Waals surface area contributed by atoms with Crippen molar-refractivity contribution in [3.63, 3.8) is 0 Å². The molecule has 1 N–H and O–H groups in total. The summed E-state index contributed by atoms with van der Waals surface area (Å²) in [5.74, 6) is 1.24. The highest BCUT2D eigenvalue weighted by Crippen LogP contribution is 2.23. The molecule has 7 heteroatoms. The Balaban J connectivity index is 1.66. The van der Waals surface area contributed by atoms with Gasteiger partial charge in [0.25, 0.3) is 0 Å². The number of benzene rings is 2. The zero-order chi connectivity index (χ0) is 22.9. The smallest absolute Gasteiger partial charge is 0.242 e. The molecule has 3 rings (SSSR count). The number of amides is 2. The van der Waals surface area contributed by atoms with Gasteiger partial charge in [-0.25, -0.2) is 0 Å². The Labute approximate surface area is 199 Å². The molecule has 1 aliphatic rings. The lowest BCUT2D eigenvalue weighted by Gasteiger charge is -2.30. The van der Waals surface area contributed by atoms with Gasteiger partial charge in [-0.05, 0) is 61.7 Å². The van der Waals surface area contributed by atoms with Crippen molar-refractivity contribution in [2.45, 2.75) is 62.6 Å². The largest absolute Gasteiger partial charge is 0.497 e. The summed E-state index contributed by atoms with van der Waals surface area (Å²) in [5, 5.41) is 3.83. The number of hydrogen-bond acceptors (Lipinski definition) is 4. The Morgan fingerprint density at radius 3 is 2.59 bits per heavy atom. The Morgan fingerprint density at radius 1 is 1.19 bits per heavy atom. The number of halogens is 1. The van der Waals surface area contributed by atoms with E-state index in [-0.39, 0.29) is 17.9 Å². The molecule has 32 heavy (non-hydrogen) atoms. The Hall–Kier alpha value is -2.18. The highest BCUT2D eigenvalue weighted by molar-refractivity contribution is 7.99. The molecule has 2 aromatic carbocycles. The molecule has 0 unspecified atom stereocenters. The normalized spacial score (nSPS) is 14.7. The van der Waals surface area contributed by atoms with Gasteiger partial charge in [0.05, 0.1) is 7.11 Å². The lowest BCUT2D eigenvalue weighted by Crippen LogP contribution is -2.49. The fourth-order valence-electron chi connectivity index (χ4n) is 3.87. The third-order valence-corrected chi connectivity index (χ3v) is 7.02. The summed E-state index contributed by atoms with van der Waals surface area (Å²) in [6.07, 6.45) is 4.67. The number of nitrogens with zero attached hydrogens (tertiary/aromatic N) is 1. The topological polar surface area (TPSA) is 58.6 Å². The standard InChI is InChI=1S/C25H31ClN2O3S/c1-18(25(30)27-21-7-3-4-8-21)28(17-19-6-5-9-22(16-19)31-2)24(29)14-15-32-23-12-10-20(26)11-13-23/h5-6,9-13,16,18,21H,3-4,7-8,14-15,17H2,1-2H3,(H,27,30)/t18-/m0/s1. The second-order valence-electron chi connectivity index (χ2n) is 8.09. The number of carbonyl (C=O) groups is 2. The summed E-state index contributed by atoms with van der Waals surface area (Å²) in [4.78, 5) is 28.9. The van der Waals surface area contributed by atoms with Gasteiger partial charge in [0, 0.05) is 34.7 Å². The average Bonchev–Trinajstić information content (AvgIpc) is 3.31. The van der Waals surface area contributed by atoms with E-state index in [0.717, 1.165) is 41.9 Å². The monoisotopic (exact) mass is 474 g/mol.